The molecule has 3 rings (SSSR count). The van der Waals surface area contributed by atoms with Gasteiger partial charge in [0.2, 0.25) is 0 Å². The number of hydrogen-bond donors (Lipinski definition) is 0. The van der Waals surface area contributed by atoms with E-state index in [2.05, 4.69) is 24.2 Å². The van der Waals surface area contributed by atoms with Crippen molar-refractivity contribution in [3.8, 4) is 5.69 Å². The van der Waals surface area contributed by atoms with Crippen LogP contribution in [0.5, 0.6) is 0 Å². The summed E-state index contributed by atoms with van der Waals surface area (Å²) >= 11 is 0. The van der Waals surface area contributed by atoms with Crippen molar-refractivity contribution < 1.29 is 4.79 Å². The van der Waals surface area contributed by atoms with Gasteiger partial charge in [-0.15, -0.1) is 0 Å². The molecule has 1 aromatic heterocycles. The van der Waals surface area contributed by atoms with E-state index >= 15 is 0 Å². The number of hydrogen-bond acceptors (Lipinski definition) is 2. The summed E-state index contributed by atoms with van der Waals surface area (Å²) < 4.78 is 1.85. The molecule has 0 aliphatic carbocycles. The highest BCUT2D eigenvalue weighted by Crippen LogP contribution is 2.16. The zero-order chi connectivity index (χ0) is 15.5. The number of aromatic nitrogens is 2. The second-order valence-electron chi connectivity index (χ2n) is 6.12. The van der Waals surface area contributed by atoms with Gasteiger partial charge >= 0.3 is 0 Å². The molecule has 0 N–H and O–H groups in total. The zero-order valence-corrected chi connectivity index (χ0v) is 13.4. The van der Waals surface area contributed by atoms with Gasteiger partial charge in [0.05, 0.1) is 5.69 Å². The third-order valence-corrected chi connectivity index (χ3v) is 4.28. The van der Waals surface area contributed by atoms with Gasteiger partial charge in [-0.1, -0.05) is 30.5 Å². The van der Waals surface area contributed by atoms with E-state index in [1.165, 1.54) is 18.4 Å². The molecule has 2 heterocycles. The SMILES string of the molecule is Cc1ccc(-n2nc(C(=O)N3CCCCCC3)cc2C)cc1. The first kappa shape index (κ1) is 14.8. The Bertz CT molecular complexity index is 649. The topological polar surface area (TPSA) is 38.1 Å². The lowest BCUT2D eigenvalue weighted by atomic mass is 10.2. The smallest absolute Gasteiger partial charge is 0.274 e. The summed E-state index contributed by atoms with van der Waals surface area (Å²) in [5.41, 5.74) is 3.76. The Morgan fingerprint density at radius 3 is 2.27 bits per heavy atom. The number of benzene rings is 1. The Balaban J connectivity index is 1.84. The molecule has 1 amide bonds. The van der Waals surface area contributed by atoms with Crippen LogP contribution < -0.4 is 0 Å². The van der Waals surface area contributed by atoms with Crippen LogP contribution in [0.3, 0.4) is 0 Å². The second kappa shape index (κ2) is 6.34. The van der Waals surface area contributed by atoms with Gasteiger partial charge in [-0.3, -0.25) is 4.79 Å². The molecule has 0 bridgehead atoms. The summed E-state index contributed by atoms with van der Waals surface area (Å²) in [6, 6.07) is 10.1. The highest BCUT2D eigenvalue weighted by Gasteiger charge is 2.20. The molecule has 0 saturated carbocycles. The van der Waals surface area contributed by atoms with Gasteiger partial charge in [-0.25, -0.2) is 4.68 Å². The Morgan fingerprint density at radius 1 is 1.00 bits per heavy atom. The number of likely N-dealkylation sites (tertiary alicyclic amines) is 1. The van der Waals surface area contributed by atoms with Gasteiger partial charge < -0.3 is 4.90 Å². The van der Waals surface area contributed by atoms with Gasteiger partial charge in [-0.2, -0.15) is 5.10 Å². The quantitative estimate of drug-likeness (QED) is 0.851. The molecule has 0 radical (unpaired) electrons. The standard InChI is InChI=1S/C18H23N3O/c1-14-7-9-16(10-8-14)21-15(2)13-17(19-21)18(22)20-11-5-3-4-6-12-20/h7-10,13H,3-6,11-12H2,1-2H3. The highest BCUT2D eigenvalue weighted by atomic mass is 16.2. The Labute approximate surface area is 131 Å². The fourth-order valence-electron chi connectivity index (χ4n) is 2.96. The van der Waals surface area contributed by atoms with Crippen molar-refractivity contribution in [2.45, 2.75) is 39.5 Å². The van der Waals surface area contributed by atoms with Gasteiger partial charge in [-0.05, 0) is 44.9 Å². The maximum atomic E-state index is 12.7. The van der Waals surface area contributed by atoms with E-state index in [1.54, 1.807) is 0 Å². The normalized spacial score (nSPS) is 15.6. The lowest BCUT2D eigenvalue weighted by Gasteiger charge is -2.18. The molecule has 1 aromatic carbocycles. The lowest BCUT2D eigenvalue weighted by Crippen LogP contribution is -2.32. The average molecular weight is 297 g/mol. The highest BCUT2D eigenvalue weighted by molar-refractivity contribution is 5.92. The molecular weight excluding hydrogens is 274 g/mol. The number of nitrogens with zero attached hydrogens (tertiary/aromatic N) is 3. The number of aryl methyl sites for hydroxylation is 2. The molecule has 4 heteroatoms. The predicted octanol–water partition coefficient (Wildman–Crippen LogP) is 3.51. The largest absolute Gasteiger partial charge is 0.337 e. The maximum Gasteiger partial charge on any atom is 0.274 e. The third kappa shape index (κ3) is 3.06. The van der Waals surface area contributed by atoms with Crippen LogP contribution in [0.2, 0.25) is 0 Å². The van der Waals surface area contributed by atoms with Crippen LogP contribution in [0, 0.1) is 13.8 Å². The minimum absolute atomic E-state index is 0.0656. The van der Waals surface area contributed by atoms with Crippen LogP contribution in [-0.4, -0.2) is 33.7 Å². The second-order valence-corrected chi connectivity index (χ2v) is 6.12. The molecule has 1 fully saturated rings. The summed E-state index contributed by atoms with van der Waals surface area (Å²) in [6.45, 7) is 5.77. The van der Waals surface area contributed by atoms with Crippen molar-refractivity contribution in [1.82, 2.24) is 14.7 Å². The first-order valence-electron chi connectivity index (χ1n) is 8.08. The van der Waals surface area contributed by atoms with E-state index in [9.17, 15) is 4.79 Å². The van der Waals surface area contributed by atoms with E-state index in [0.29, 0.717) is 5.69 Å². The molecule has 116 valence electrons. The third-order valence-electron chi connectivity index (χ3n) is 4.28. The summed E-state index contributed by atoms with van der Waals surface area (Å²) in [6.07, 6.45) is 4.65. The van der Waals surface area contributed by atoms with Gasteiger partial charge in [0.25, 0.3) is 5.91 Å². The monoisotopic (exact) mass is 297 g/mol. The van der Waals surface area contributed by atoms with E-state index in [4.69, 9.17) is 0 Å². The Morgan fingerprint density at radius 2 is 1.64 bits per heavy atom. The minimum Gasteiger partial charge on any atom is -0.337 e. The first-order valence-corrected chi connectivity index (χ1v) is 8.08. The van der Waals surface area contributed by atoms with Crippen molar-refractivity contribution in [2.75, 3.05) is 13.1 Å². The van der Waals surface area contributed by atoms with Crippen LogP contribution >= 0.6 is 0 Å². The van der Waals surface area contributed by atoms with E-state index in [0.717, 1.165) is 37.3 Å². The molecule has 0 atom stereocenters. The van der Waals surface area contributed by atoms with Crippen LogP contribution in [-0.2, 0) is 0 Å². The van der Waals surface area contributed by atoms with Crippen molar-refractivity contribution in [2.24, 2.45) is 0 Å². The lowest BCUT2D eigenvalue weighted by molar-refractivity contribution is 0.0755. The maximum absolute atomic E-state index is 12.7. The van der Waals surface area contributed by atoms with Crippen molar-refractivity contribution >= 4 is 5.91 Å². The van der Waals surface area contributed by atoms with Crippen molar-refractivity contribution in [3.05, 3.63) is 47.3 Å². The van der Waals surface area contributed by atoms with Crippen LogP contribution in [0.4, 0.5) is 0 Å². The number of amides is 1. The zero-order valence-electron chi connectivity index (χ0n) is 13.4. The number of carbonyl (C=O) groups excluding carboxylic acids is 1. The van der Waals surface area contributed by atoms with Gasteiger partial charge in [0.15, 0.2) is 5.69 Å². The Kier molecular flexibility index (Phi) is 4.27. The van der Waals surface area contributed by atoms with Crippen LogP contribution in [0.15, 0.2) is 30.3 Å². The van der Waals surface area contributed by atoms with Crippen molar-refractivity contribution in [3.63, 3.8) is 0 Å². The van der Waals surface area contributed by atoms with Gasteiger partial charge in [0, 0.05) is 18.8 Å². The molecular formula is C18H23N3O. The van der Waals surface area contributed by atoms with Gasteiger partial charge in [0.1, 0.15) is 0 Å². The average Bonchev–Trinajstić information content (AvgIpc) is 2.74. The molecule has 22 heavy (non-hydrogen) atoms. The van der Waals surface area contributed by atoms with Crippen LogP contribution in [0.1, 0.15) is 47.4 Å². The molecule has 0 spiro atoms. The van der Waals surface area contributed by atoms with Crippen LogP contribution in [0.25, 0.3) is 5.69 Å². The summed E-state index contributed by atoms with van der Waals surface area (Å²) in [4.78, 5) is 14.6. The molecule has 0 unspecified atom stereocenters. The molecule has 1 aliphatic heterocycles. The summed E-state index contributed by atoms with van der Waals surface area (Å²) in [5, 5.41) is 4.54. The fourth-order valence-corrected chi connectivity index (χ4v) is 2.96. The Hall–Kier alpha value is -2.10. The molecule has 2 aromatic rings. The summed E-state index contributed by atoms with van der Waals surface area (Å²) in [5.74, 6) is 0.0656. The van der Waals surface area contributed by atoms with E-state index < -0.39 is 0 Å². The number of rotatable bonds is 2. The van der Waals surface area contributed by atoms with E-state index in [1.807, 2.05) is 34.7 Å². The van der Waals surface area contributed by atoms with Crippen molar-refractivity contribution in [1.29, 1.82) is 0 Å². The number of carbonyl (C=O) groups is 1. The fraction of sp³-hybridized carbons (Fsp3) is 0.444. The molecule has 1 aliphatic rings. The molecule has 4 nitrogen and oxygen atoms in total. The van der Waals surface area contributed by atoms with E-state index in [-0.39, 0.29) is 5.91 Å². The first-order chi connectivity index (χ1) is 10.6. The summed E-state index contributed by atoms with van der Waals surface area (Å²) in [7, 11) is 0. The predicted molar refractivity (Wildman–Crippen MR) is 87.4 cm³/mol. The molecule has 1 saturated heterocycles. The minimum atomic E-state index is 0.0656.